The fourth-order valence-corrected chi connectivity index (χ4v) is 2.81. The Labute approximate surface area is 149 Å². The van der Waals surface area contributed by atoms with Crippen LogP contribution in [0.5, 0.6) is 5.75 Å². The van der Waals surface area contributed by atoms with Gasteiger partial charge in [-0.05, 0) is 29.5 Å². The molecule has 0 bridgehead atoms. The van der Waals surface area contributed by atoms with E-state index in [0.29, 0.717) is 37.0 Å². The van der Waals surface area contributed by atoms with Crippen LogP contribution in [-0.2, 0) is 20.7 Å². The Morgan fingerprint density at radius 3 is 2.54 bits per heavy atom. The van der Waals surface area contributed by atoms with Gasteiger partial charge >= 0.3 is 0 Å². The molecule has 0 saturated carbocycles. The van der Waals surface area contributed by atoms with Crippen molar-refractivity contribution < 1.29 is 19.0 Å². The summed E-state index contributed by atoms with van der Waals surface area (Å²) in [7, 11) is 3.27. The van der Waals surface area contributed by atoms with Crippen molar-refractivity contribution in [3.05, 3.63) is 28.8 Å². The van der Waals surface area contributed by atoms with Gasteiger partial charge in [-0.25, -0.2) is 0 Å². The molecular formula is C18H28ClNO4. The summed E-state index contributed by atoms with van der Waals surface area (Å²) in [5, 5.41) is 0.544. The van der Waals surface area contributed by atoms with Gasteiger partial charge in [-0.2, -0.15) is 0 Å². The third-order valence-corrected chi connectivity index (χ3v) is 4.30. The summed E-state index contributed by atoms with van der Waals surface area (Å²) in [6.45, 7) is 5.56. The Hall–Kier alpha value is -1.30. The van der Waals surface area contributed by atoms with E-state index in [4.69, 9.17) is 31.5 Å². The Kier molecular flexibility index (Phi) is 8.53. The molecule has 0 spiro atoms. The molecule has 1 aromatic carbocycles. The van der Waals surface area contributed by atoms with Crippen molar-refractivity contribution in [3.63, 3.8) is 0 Å². The first-order valence-electron chi connectivity index (χ1n) is 8.00. The fraction of sp³-hybridized carbons (Fsp3) is 0.611. The van der Waals surface area contributed by atoms with E-state index in [9.17, 15) is 4.79 Å². The number of hydrogen-bond acceptors (Lipinski definition) is 4. The number of amides is 1. The number of nitrogens with two attached hydrogens (primary N) is 1. The molecule has 0 fully saturated rings. The van der Waals surface area contributed by atoms with Crippen LogP contribution in [0.2, 0.25) is 5.02 Å². The molecule has 136 valence electrons. The maximum atomic E-state index is 11.9. The SMILES string of the molecule is COCCCOc1cc(CC(C(N)=O)C(C)(C)COC)ccc1Cl. The highest BCUT2D eigenvalue weighted by atomic mass is 35.5. The topological polar surface area (TPSA) is 70.8 Å². The molecule has 1 rings (SSSR count). The summed E-state index contributed by atoms with van der Waals surface area (Å²) in [4.78, 5) is 11.9. The standard InChI is InChI=1S/C18H28ClNO4/c1-18(2,12-23-4)14(17(20)21)10-13-6-7-15(19)16(11-13)24-9-5-8-22-3/h6-7,11,14H,5,8-10,12H2,1-4H3,(H2,20,21). The molecule has 2 N–H and O–H groups in total. The van der Waals surface area contributed by atoms with Crippen molar-refractivity contribution in [1.29, 1.82) is 0 Å². The lowest BCUT2D eigenvalue weighted by Crippen LogP contribution is -2.40. The fourth-order valence-electron chi connectivity index (χ4n) is 2.64. The molecule has 0 saturated heterocycles. The summed E-state index contributed by atoms with van der Waals surface area (Å²) in [5.74, 6) is -0.0763. The van der Waals surface area contributed by atoms with Gasteiger partial charge in [-0.15, -0.1) is 0 Å². The first-order valence-corrected chi connectivity index (χ1v) is 8.38. The van der Waals surface area contributed by atoms with Crippen molar-refractivity contribution in [2.45, 2.75) is 26.7 Å². The number of rotatable bonds is 11. The first-order chi connectivity index (χ1) is 11.3. The Bertz CT molecular complexity index is 534. The van der Waals surface area contributed by atoms with Gasteiger partial charge < -0.3 is 19.9 Å². The summed E-state index contributed by atoms with van der Waals surface area (Å²) in [6, 6.07) is 5.54. The predicted octanol–water partition coefficient (Wildman–Crippen LogP) is 3.07. The zero-order chi connectivity index (χ0) is 18.2. The Balaban J connectivity index is 2.86. The molecule has 0 aromatic heterocycles. The molecule has 6 heteroatoms. The van der Waals surface area contributed by atoms with E-state index in [2.05, 4.69) is 0 Å². The third kappa shape index (κ3) is 6.30. The van der Waals surface area contributed by atoms with Gasteiger partial charge in [0.05, 0.1) is 18.2 Å². The van der Waals surface area contributed by atoms with Crippen molar-refractivity contribution in [2.24, 2.45) is 17.1 Å². The zero-order valence-electron chi connectivity index (χ0n) is 14.9. The van der Waals surface area contributed by atoms with E-state index in [1.807, 2.05) is 26.0 Å². The van der Waals surface area contributed by atoms with Crippen LogP contribution in [-0.4, -0.2) is 39.9 Å². The van der Waals surface area contributed by atoms with Crippen LogP contribution < -0.4 is 10.5 Å². The number of primary amides is 1. The number of carbonyl (C=O) groups is 1. The van der Waals surface area contributed by atoms with Crippen molar-refractivity contribution in [3.8, 4) is 5.75 Å². The molecule has 0 radical (unpaired) electrons. The van der Waals surface area contributed by atoms with Crippen molar-refractivity contribution >= 4 is 17.5 Å². The van der Waals surface area contributed by atoms with Crippen LogP contribution in [0.25, 0.3) is 0 Å². The van der Waals surface area contributed by atoms with E-state index < -0.39 is 0 Å². The molecule has 5 nitrogen and oxygen atoms in total. The predicted molar refractivity (Wildman–Crippen MR) is 95.5 cm³/mol. The molecule has 1 atom stereocenters. The van der Waals surface area contributed by atoms with Gasteiger partial charge in [0.15, 0.2) is 0 Å². The number of ether oxygens (including phenoxy) is 3. The lowest BCUT2D eigenvalue weighted by atomic mass is 9.75. The molecule has 0 aliphatic rings. The minimum atomic E-state index is -0.361. The van der Waals surface area contributed by atoms with Gasteiger partial charge in [-0.3, -0.25) is 4.79 Å². The number of carbonyl (C=O) groups excluding carboxylic acids is 1. The van der Waals surface area contributed by atoms with Gasteiger partial charge in [-0.1, -0.05) is 31.5 Å². The normalized spacial score (nSPS) is 12.9. The van der Waals surface area contributed by atoms with Crippen LogP contribution in [0.1, 0.15) is 25.8 Å². The monoisotopic (exact) mass is 357 g/mol. The minimum absolute atomic E-state index is 0.338. The highest BCUT2D eigenvalue weighted by molar-refractivity contribution is 6.32. The van der Waals surface area contributed by atoms with Crippen molar-refractivity contribution in [1.82, 2.24) is 0 Å². The molecule has 1 amide bonds. The summed E-state index contributed by atoms with van der Waals surface area (Å²) < 4.78 is 15.9. The maximum Gasteiger partial charge on any atom is 0.221 e. The largest absolute Gasteiger partial charge is 0.492 e. The second-order valence-corrected chi connectivity index (χ2v) is 6.95. The Morgan fingerprint density at radius 2 is 1.96 bits per heavy atom. The highest BCUT2D eigenvalue weighted by Gasteiger charge is 2.34. The lowest BCUT2D eigenvalue weighted by Gasteiger charge is -2.31. The number of methoxy groups -OCH3 is 2. The quantitative estimate of drug-likeness (QED) is 0.618. The Morgan fingerprint density at radius 1 is 1.25 bits per heavy atom. The van der Waals surface area contributed by atoms with E-state index >= 15 is 0 Å². The van der Waals surface area contributed by atoms with E-state index in [1.54, 1.807) is 20.3 Å². The molecular weight excluding hydrogens is 330 g/mol. The number of halogens is 1. The van der Waals surface area contributed by atoms with Crippen molar-refractivity contribution in [2.75, 3.05) is 34.0 Å². The van der Waals surface area contributed by atoms with E-state index in [-0.39, 0.29) is 17.2 Å². The molecule has 24 heavy (non-hydrogen) atoms. The lowest BCUT2D eigenvalue weighted by molar-refractivity contribution is -0.126. The third-order valence-electron chi connectivity index (χ3n) is 3.99. The van der Waals surface area contributed by atoms with Crippen LogP contribution in [0, 0.1) is 11.3 Å². The van der Waals surface area contributed by atoms with E-state index in [1.165, 1.54) is 0 Å². The number of benzene rings is 1. The summed E-state index contributed by atoms with van der Waals surface area (Å²) in [6.07, 6.45) is 1.29. The van der Waals surface area contributed by atoms with E-state index in [0.717, 1.165) is 12.0 Å². The molecule has 1 aromatic rings. The molecule has 1 unspecified atom stereocenters. The second kappa shape index (κ2) is 9.87. The smallest absolute Gasteiger partial charge is 0.221 e. The average molecular weight is 358 g/mol. The maximum absolute atomic E-state index is 11.9. The van der Waals surface area contributed by atoms with Crippen LogP contribution in [0.3, 0.4) is 0 Å². The van der Waals surface area contributed by atoms with Gasteiger partial charge in [0.25, 0.3) is 0 Å². The highest BCUT2D eigenvalue weighted by Crippen LogP contribution is 2.32. The first kappa shape index (κ1) is 20.7. The average Bonchev–Trinajstić information content (AvgIpc) is 2.51. The molecule has 0 aliphatic carbocycles. The second-order valence-electron chi connectivity index (χ2n) is 6.54. The van der Waals surface area contributed by atoms with Gasteiger partial charge in [0.1, 0.15) is 5.75 Å². The zero-order valence-corrected chi connectivity index (χ0v) is 15.7. The van der Waals surface area contributed by atoms with Crippen LogP contribution >= 0.6 is 11.6 Å². The van der Waals surface area contributed by atoms with Crippen LogP contribution in [0.4, 0.5) is 0 Å². The number of hydrogen-bond donors (Lipinski definition) is 1. The van der Waals surface area contributed by atoms with Crippen LogP contribution in [0.15, 0.2) is 18.2 Å². The van der Waals surface area contributed by atoms with Gasteiger partial charge in [0, 0.05) is 33.2 Å². The summed E-state index contributed by atoms with van der Waals surface area (Å²) >= 11 is 6.18. The molecule has 0 aliphatic heterocycles. The molecule has 0 heterocycles. The minimum Gasteiger partial charge on any atom is -0.492 e. The summed E-state index contributed by atoms with van der Waals surface area (Å²) in [5.41, 5.74) is 6.21. The van der Waals surface area contributed by atoms with Gasteiger partial charge in [0.2, 0.25) is 5.91 Å².